The highest BCUT2D eigenvalue weighted by Gasteiger charge is 2.38. The maximum atomic E-state index is 13.9. The van der Waals surface area contributed by atoms with Crippen molar-refractivity contribution in [3.05, 3.63) is 74.2 Å². The Labute approximate surface area is 303 Å². The lowest BCUT2D eigenvalue weighted by Crippen LogP contribution is -2.43. The van der Waals surface area contributed by atoms with E-state index in [0.29, 0.717) is 11.3 Å². The number of aldehydes is 1. The fourth-order valence-electron chi connectivity index (χ4n) is 4.36. The first kappa shape index (κ1) is 37.5. The molecule has 0 saturated heterocycles. The number of amides is 3. The zero-order valence-corrected chi connectivity index (χ0v) is 29.0. The summed E-state index contributed by atoms with van der Waals surface area (Å²) in [6, 6.07) is 11.5. The largest absolute Gasteiger partial charge is 0.375 e. The number of hydrogen-bond acceptors (Lipinski definition) is 12. The van der Waals surface area contributed by atoms with Gasteiger partial charge in [-0.1, -0.05) is 46.4 Å². The first-order chi connectivity index (χ1) is 23.6. The number of aliphatic imine (C=N–C) groups is 1. The number of imide groups is 1. The number of Topliss-reactive ketones (excluding diaryl/α,β-unsaturated/α-hetero) is 4. The molecule has 1 aliphatic heterocycles. The topological polar surface area (TPSA) is 183 Å². The highest BCUT2D eigenvalue weighted by Crippen LogP contribution is 2.39. The van der Waals surface area contributed by atoms with Crippen molar-refractivity contribution in [3.8, 4) is 0 Å². The molecule has 3 aromatic carbocycles. The second-order valence-corrected chi connectivity index (χ2v) is 11.9. The Balaban J connectivity index is 1.79. The number of nitrogens with zero attached hydrogens (tertiary/aromatic N) is 5. The minimum absolute atomic E-state index is 0.0176. The molecule has 0 fully saturated rings. The van der Waals surface area contributed by atoms with Crippen molar-refractivity contribution in [2.45, 2.75) is 13.8 Å². The molecule has 1 aliphatic rings. The number of nitrogens with one attached hydrogen (secondary N) is 1. The van der Waals surface area contributed by atoms with Crippen LogP contribution in [0.25, 0.3) is 0 Å². The first-order valence-corrected chi connectivity index (χ1v) is 15.6. The molecule has 0 radical (unpaired) electrons. The van der Waals surface area contributed by atoms with Gasteiger partial charge in [-0.05, 0) is 67.9 Å². The van der Waals surface area contributed by atoms with Crippen molar-refractivity contribution in [1.82, 2.24) is 0 Å². The summed E-state index contributed by atoms with van der Waals surface area (Å²) < 4.78 is 0. The summed E-state index contributed by atoms with van der Waals surface area (Å²) in [5.74, 6) is -10.9. The van der Waals surface area contributed by atoms with Gasteiger partial charge in [0.2, 0.25) is 6.41 Å². The van der Waals surface area contributed by atoms with E-state index in [-0.39, 0.29) is 60.0 Å². The quantitative estimate of drug-likeness (QED) is 0.156. The van der Waals surface area contributed by atoms with Crippen LogP contribution in [0.4, 0.5) is 28.4 Å². The molecular formula is C32H22Cl4N6O8. The van der Waals surface area contributed by atoms with E-state index in [1.807, 2.05) is 31.0 Å². The van der Waals surface area contributed by atoms with E-state index in [1.165, 1.54) is 18.2 Å². The zero-order chi connectivity index (χ0) is 37.0. The third-order valence-corrected chi connectivity index (χ3v) is 8.21. The van der Waals surface area contributed by atoms with Crippen LogP contribution in [0.2, 0.25) is 20.1 Å². The van der Waals surface area contributed by atoms with Gasteiger partial charge >= 0.3 is 11.8 Å². The molecule has 50 heavy (non-hydrogen) atoms. The van der Waals surface area contributed by atoms with Crippen molar-refractivity contribution in [1.29, 1.82) is 0 Å². The van der Waals surface area contributed by atoms with Gasteiger partial charge in [0.05, 0.1) is 32.1 Å². The summed E-state index contributed by atoms with van der Waals surface area (Å²) in [5, 5.41) is 8.18. The Hall–Kier alpha value is -5.28. The van der Waals surface area contributed by atoms with E-state index in [9.17, 15) is 38.4 Å². The lowest BCUT2D eigenvalue weighted by atomic mass is 10.1. The predicted molar refractivity (Wildman–Crippen MR) is 188 cm³/mol. The molecule has 0 atom stereocenters. The minimum Gasteiger partial charge on any atom is -0.375 e. The molecule has 3 aromatic rings. The molecule has 14 nitrogen and oxygen atoms in total. The van der Waals surface area contributed by atoms with Crippen molar-refractivity contribution in [2.75, 3.05) is 33.7 Å². The fourth-order valence-corrected chi connectivity index (χ4v) is 5.50. The van der Waals surface area contributed by atoms with Crippen molar-refractivity contribution >= 4 is 134 Å². The van der Waals surface area contributed by atoms with Crippen LogP contribution in [0.5, 0.6) is 0 Å². The number of amidine groups is 1. The summed E-state index contributed by atoms with van der Waals surface area (Å²) in [4.78, 5) is 103. The molecular weight excluding hydrogens is 738 g/mol. The molecule has 0 unspecified atom stereocenters. The van der Waals surface area contributed by atoms with Gasteiger partial charge in [0.1, 0.15) is 5.69 Å². The number of hydrogen-bond donors (Lipinski definition) is 1. The van der Waals surface area contributed by atoms with Crippen LogP contribution in [-0.4, -0.2) is 72.8 Å². The van der Waals surface area contributed by atoms with Gasteiger partial charge < -0.3 is 10.2 Å². The van der Waals surface area contributed by atoms with E-state index in [2.05, 4.69) is 15.4 Å². The van der Waals surface area contributed by atoms with Crippen LogP contribution >= 0.6 is 46.4 Å². The van der Waals surface area contributed by atoms with Crippen LogP contribution in [0.15, 0.2) is 58.6 Å². The SMILES string of the molecule is CCN(C)c1ccc(N=C2C(=O)N(c3c(Cl)cc(Cl)cc3Cl)N=C2Nc2cc(N(C=O)C(=O)C(=O)C(=O)C(=O)C(=O)C=O)ccc2Cl)c(C)c1. The third kappa shape index (κ3) is 7.63. The standard InChI is InChI=1S/C32H22Cl4N6O8/c1-4-40(3)17-6-8-22(15(2)9-17)37-25-30(39-42(31(25)49)26-20(35)10-16(33)11-21(26)36)38-23-12-18(5-7-19(23)34)41(14-44)32(50)29(48)28(47)27(46)24(45)13-43/h5-14H,4H2,1-3H3,(H,38,39). The number of carbonyl (C=O) groups excluding carboxylic acids is 8. The molecule has 0 saturated carbocycles. The van der Waals surface area contributed by atoms with Gasteiger partial charge in [0.15, 0.2) is 17.8 Å². The number of benzene rings is 3. The number of halogens is 4. The van der Waals surface area contributed by atoms with Gasteiger partial charge in [0, 0.05) is 24.3 Å². The Kier molecular flexibility index (Phi) is 11.6. The summed E-state index contributed by atoms with van der Waals surface area (Å²) in [6.45, 7) is 4.51. The molecule has 18 heteroatoms. The summed E-state index contributed by atoms with van der Waals surface area (Å²) in [6.07, 6.45) is -0.636. The molecule has 0 spiro atoms. The molecule has 1 heterocycles. The van der Waals surface area contributed by atoms with Crippen LogP contribution in [0.1, 0.15) is 12.5 Å². The average Bonchev–Trinajstić information content (AvgIpc) is 3.37. The van der Waals surface area contributed by atoms with Gasteiger partial charge in [-0.3, -0.25) is 38.4 Å². The van der Waals surface area contributed by atoms with E-state index in [4.69, 9.17) is 46.4 Å². The Morgan fingerprint density at radius 2 is 1.52 bits per heavy atom. The van der Waals surface area contributed by atoms with E-state index in [1.54, 1.807) is 13.0 Å². The van der Waals surface area contributed by atoms with Gasteiger partial charge in [-0.25, -0.2) is 9.89 Å². The number of aryl methyl sites for hydroxylation is 1. The van der Waals surface area contributed by atoms with Gasteiger partial charge in [0.25, 0.3) is 23.1 Å². The molecule has 3 amide bonds. The normalized spacial score (nSPS) is 13.1. The number of anilines is 4. The monoisotopic (exact) mass is 758 g/mol. The molecule has 0 bridgehead atoms. The Morgan fingerprint density at radius 3 is 2.10 bits per heavy atom. The smallest absolute Gasteiger partial charge is 0.309 e. The summed E-state index contributed by atoms with van der Waals surface area (Å²) in [5.41, 5.74) is 1.31. The van der Waals surface area contributed by atoms with Crippen molar-refractivity contribution in [2.24, 2.45) is 10.1 Å². The summed E-state index contributed by atoms with van der Waals surface area (Å²) >= 11 is 25.3. The highest BCUT2D eigenvalue weighted by molar-refractivity contribution is 6.91. The second kappa shape index (κ2) is 15.5. The number of hydrazone groups is 1. The minimum atomic E-state index is -2.12. The van der Waals surface area contributed by atoms with Gasteiger partial charge in [-0.2, -0.15) is 5.01 Å². The molecule has 4 rings (SSSR count). The first-order valence-electron chi connectivity index (χ1n) is 14.1. The predicted octanol–water partition coefficient (Wildman–Crippen LogP) is 4.57. The average molecular weight is 760 g/mol. The maximum Gasteiger partial charge on any atom is 0.309 e. The zero-order valence-electron chi connectivity index (χ0n) is 26.0. The van der Waals surface area contributed by atoms with Crippen LogP contribution < -0.4 is 20.1 Å². The third-order valence-electron chi connectivity index (χ3n) is 7.08. The number of ketones is 4. The lowest BCUT2D eigenvalue weighted by Gasteiger charge is -2.18. The highest BCUT2D eigenvalue weighted by atomic mass is 35.5. The van der Waals surface area contributed by atoms with E-state index >= 15 is 0 Å². The van der Waals surface area contributed by atoms with Gasteiger partial charge in [-0.15, -0.1) is 5.10 Å². The maximum absolute atomic E-state index is 13.9. The van der Waals surface area contributed by atoms with Crippen LogP contribution in [0.3, 0.4) is 0 Å². The number of carbonyl (C=O) groups is 8. The molecule has 0 aromatic heterocycles. The molecule has 0 aliphatic carbocycles. The van der Waals surface area contributed by atoms with Crippen molar-refractivity contribution in [3.63, 3.8) is 0 Å². The fraction of sp³-hybridized carbons (Fsp3) is 0.125. The lowest BCUT2D eigenvalue weighted by molar-refractivity contribution is -0.151. The van der Waals surface area contributed by atoms with E-state index < -0.39 is 41.2 Å². The summed E-state index contributed by atoms with van der Waals surface area (Å²) in [7, 11) is 1.91. The van der Waals surface area contributed by atoms with Crippen molar-refractivity contribution < 1.29 is 38.4 Å². The van der Waals surface area contributed by atoms with E-state index in [0.717, 1.165) is 29.4 Å². The number of rotatable bonds is 12. The second-order valence-electron chi connectivity index (χ2n) is 10.3. The molecule has 1 N–H and O–H groups in total. The van der Waals surface area contributed by atoms with Crippen LogP contribution in [-0.2, 0) is 38.4 Å². The van der Waals surface area contributed by atoms with Crippen LogP contribution in [0, 0.1) is 6.92 Å². The Bertz CT molecular complexity index is 2060. The Morgan fingerprint density at radius 1 is 0.880 bits per heavy atom. The molecule has 256 valence electrons.